The van der Waals surface area contributed by atoms with E-state index >= 15 is 0 Å². The van der Waals surface area contributed by atoms with E-state index in [1.165, 1.54) is 18.2 Å². The van der Waals surface area contributed by atoms with Gasteiger partial charge in [0.15, 0.2) is 0 Å². The highest BCUT2D eigenvalue weighted by atomic mass is 79.9. The smallest absolute Gasteiger partial charge is 0.335 e. The van der Waals surface area contributed by atoms with E-state index in [2.05, 4.69) is 15.9 Å². The first-order chi connectivity index (χ1) is 8.08. The molecule has 0 bridgehead atoms. The van der Waals surface area contributed by atoms with Crippen molar-refractivity contribution in [1.82, 2.24) is 0 Å². The predicted octanol–water partition coefficient (Wildman–Crippen LogP) is 3.95. The highest BCUT2D eigenvalue weighted by Crippen LogP contribution is 2.24. The molecule has 4 heteroatoms. The minimum Gasteiger partial charge on any atom is -0.478 e. The lowest BCUT2D eigenvalue weighted by Crippen LogP contribution is -1.95. The lowest BCUT2D eigenvalue weighted by molar-refractivity contribution is 0.0697. The normalized spacial score (nSPS) is 10.2. The van der Waals surface area contributed by atoms with E-state index in [0.29, 0.717) is 10.0 Å². The molecule has 0 heterocycles. The molecule has 2 aromatic carbocycles. The zero-order chi connectivity index (χ0) is 12.4. The summed E-state index contributed by atoms with van der Waals surface area (Å²) in [6, 6.07) is 11.1. The molecule has 2 rings (SSSR count). The molecule has 0 aliphatic carbocycles. The third-order valence-corrected chi connectivity index (χ3v) is 3.03. The highest BCUT2D eigenvalue weighted by Gasteiger charge is 2.05. The average molecular weight is 295 g/mol. The summed E-state index contributed by atoms with van der Waals surface area (Å²) < 4.78 is 13.7. The van der Waals surface area contributed by atoms with Crippen molar-refractivity contribution in [3.63, 3.8) is 0 Å². The van der Waals surface area contributed by atoms with Crippen molar-refractivity contribution >= 4 is 21.9 Å². The fraction of sp³-hybridized carbons (Fsp3) is 0. The van der Waals surface area contributed by atoms with E-state index in [0.717, 1.165) is 5.56 Å². The van der Waals surface area contributed by atoms with E-state index in [1.807, 2.05) is 0 Å². The maximum atomic E-state index is 13.3. The quantitative estimate of drug-likeness (QED) is 0.910. The minimum atomic E-state index is -0.974. The van der Waals surface area contributed by atoms with Crippen LogP contribution in [0.4, 0.5) is 4.39 Å². The van der Waals surface area contributed by atoms with Crippen LogP contribution < -0.4 is 0 Å². The Bertz CT molecular complexity index is 564. The molecule has 0 atom stereocenters. The Morgan fingerprint density at radius 3 is 2.18 bits per heavy atom. The van der Waals surface area contributed by atoms with Gasteiger partial charge in [-0.2, -0.15) is 0 Å². The summed E-state index contributed by atoms with van der Waals surface area (Å²) in [6.45, 7) is 0. The van der Waals surface area contributed by atoms with Crippen LogP contribution in [0.3, 0.4) is 0 Å². The molecular weight excluding hydrogens is 287 g/mol. The van der Waals surface area contributed by atoms with Crippen LogP contribution in [0.1, 0.15) is 10.4 Å². The standard InChI is InChI=1S/C13H8BrFO2/c14-11-6-5-10(7-12(11)15)8-1-3-9(4-2-8)13(16)17/h1-7H,(H,16,17). The number of carboxylic acid groups (broad SMARTS) is 1. The van der Waals surface area contributed by atoms with Crippen molar-refractivity contribution in [3.05, 3.63) is 58.3 Å². The van der Waals surface area contributed by atoms with Crippen molar-refractivity contribution < 1.29 is 14.3 Å². The van der Waals surface area contributed by atoms with Crippen molar-refractivity contribution in [2.24, 2.45) is 0 Å². The minimum absolute atomic E-state index is 0.214. The molecule has 0 fully saturated rings. The maximum Gasteiger partial charge on any atom is 0.335 e. The van der Waals surface area contributed by atoms with Gasteiger partial charge in [0.05, 0.1) is 10.0 Å². The molecule has 1 N–H and O–H groups in total. The van der Waals surface area contributed by atoms with Crippen LogP contribution in [0.5, 0.6) is 0 Å². The second-order valence-electron chi connectivity index (χ2n) is 3.51. The van der Waals surface area contributed by atoms with Crippen molar-refractivity contribution in [3.8, 4) is 11.1 Å². The van der Waals surface area contributed by atoms with Crippen LogP contribution in [0.25, 0.3) is 11.1 Å². The molecule has 2 nitrogen and oxygen atoms in total. The molecule has 0 unspecified atom stereocenters. The van der Waals surface area contributed by atoms with Crippen LogP contribution in [0.15, 0.2) is 46.9 Å². The van der Waals surface area contributed by atoms with Crippen molar-refractivity contribution in [2.45, 2.75) is 0 Å². The molecule has 17 heavy (non-hydrogen) atoms. The SMILES string of the molecule is O=C(O)c1ccc(-c2ccc(Br)c(F)c2)cc1. The Morgan fingerprint density at radius 1 is 1.06 bits per heavy atom. The van der Waals surface area contributed by atoms with Crippen LogP contribution in [0.2, 0.25) is 0 Å². The first kappa shape index (κ1) is 11.8. The third kappa shape index (κ3) is 2.53. The Hall–Kier alpha value is -1.68. The zero-order valence-corrected chi connectivity index (χ0v) is 10.2. The van der Waals surface area contributed by atoms with Gasteiger partial charge < -0.3 is 5.11 Å². The van der Waals surface area contributed by atoms with Gasteiger partial charge in [-0.15, -0.1) is 0 Å². The van der Waals surface area contributed by atoms with Crippen LogP contribution in [0, 0.1) is 5.82 Å². The number of hydrogen-bond acceptors (Lipinski definition) is 1. The Balaban J connectivity index is 2.39. The van der Waals surface area contributed by atoms with Gasteiger partial charge in [-0.1, -0.05) is 18.2 Å². The number of halogens is 2. The van der Waals surface area contributed by atoms with Gasteiger partial charge in [0.25, 0.3) is 0 Å². The van der Waals surface area contributed by atoms with E-state index in [4.69, 9.17) is 5.11 Å². The average Bonchev–Trinajstić information content (AvgIpc) is 2.33. The van der Waals surface area contributed by atoms with Gasteiger partial charge >= 0.3 is 5.97 Å². The van der Waals surface area contributed by atoms with Crippen LogP contribution in [-0.4, -0.2) is 11.1 Å². The number of aromatic carboxylic acids is 1. The summed E-state index contributed by atoms with van der Waals surface area (Å²) in [5.74, 6) is -1.32. The molecule has 0 aliphatic rings. The monoisotopic (exact) mass is 294 g/mol. The first-order valence-corrected chi connectivity index (χ1v) is 5.66. The molecular formula is C13H8BrFO2. The molecule has 0 saturated carbocycles. The van der Waals surface area contributed by atoms with Crippen LogP contribution >= 0.6 is 15.9 Å². The lowest BCUT2D eigenvalue weighted by Gasteiger charge is -2.03. The second-order valence-corrected chi connectivity index (χ2v) is 4.37. The fourth-order valence-corrected chi connectivity index (χ4v) is 1.73. The zero-order valence-electron chi connectivity index (χ0n) is 8.65. The van der Waals surface area contributed by atoms with E-state index in [1.54, 1.807) is 24.3 Å². The summed E-state index contributed by atoms with van der Waals surface area (Å²) in [5.41, 5.74) is 1.70. The second kappa shape index (κ2) is 4.67. The van der Waals surface area contributed by atoms with Gasteiger partial charge in [0, 0.05) is 0 Å². The van der Waals surface area contributed by atoms with Crippen LogP contribution in [-0.2, 0) is 0 Å². The molecule has 0 aromatic heterocycles. The Morgan fingerprint density at radius 2 is 1.65 bits per heavy atom. The van der Waals surface area contributed by atoms with Crippen molar-refractivity contribution in [2.75, 3.05) is 0 Å². The fourth-order valence-electron chi connectivity index (χ4n) is 1.48. The molecule has 0 amide bonds. The van der Waals surface area contributed by atoms with Crippen molar-refractivity contribution in [1.29, 1.82) is 0 Å². The summed E-state index contributed by atoms with van der Waals surface area (Å²) in [7, 11) is 0. The van der Waals surface area contributed by atoms with Gasteiger partial charge in [-0.3, -0.25) is 0 Å². The van der Waals surface area contributed by atoms with Gasteiger partial charge in [-0.05, 0) is 51.3 Å². The van der Waals surface area contributed by atoms with Gasteiger partial charge in [0.2, 0.25) is 0 Å². The van der Waals surface area contributed by atoms with E-state index in [-0.39, 0.29) is 11.4 Å². The number of benzene rings is 2. The number of carboxylic acids is 1. The van der Waals surface area contributed by atoms with E-state index < -0.39 is 5.97 Å². The first-order valence-electron chi connectivity index (χ1n) is 4.87. The summed E-state index contributed by atoms with van der Waals surface area (Å²) in [5, 5.41) is 8.76. The molecule has 0 radical (unpaired) electrons. The largest absolute Gasteiger partial charge is 0.478 e. The molecule has 0 aliphatic heterocycles. The highest BCUT2D eigenvalue weighted by molar-refractivity contribution is 9.10. The molecule has 0 spiro atoms. The Labute approximate surface area is 106 Å². The number of carbonyl (C=O) groups is 1. The van der Waals surface area contributed by atoms with Gasteiger partial charge in [-0.25, -0.2) is 9.18 Å². The predicted molar refractivity (Wildman–Crippen MR) is 66.5 cm³/mol. The molecule has 86 valence electrons. The van der Waals surface area contributed by atoms with E-state index in [9.17, 15) is 9.18 Å². The molecule has 2 aromatic rings. The molecule has 0 saturated heterocycles. The number of rotatable bonds is 2. The third-order valence-electron chi connectivity index (χ3n) is 2.38. The summed E-state index contributed by atoms with van der Waals surface area (Å²) in [4.78, 5) is 10.7. The lowest BCUT2D eigenvalue weighted by atomic mass is 10.0. The summed E-state index contributed by atoms with van der Waals surface area (Å²) in [6.07, 6.45) is 0. The van der Waals surface area contributed by atoms with Gasteiger partial charge in [0.1, 0.15) is 5.82 Å². The topological polar surface area (TPSA) is 37.3 Å². The maximum absolute atomic E-state index is 13.3. The summed E-state index contributed by atoms with van der Waals surface area (Å²) >= 11 is 3.08. The Kier molecular flexibility index (Phi) is 3.24. The number of hydrogen-bond donors (Lipinski definition) is 1.